The quantitative estimate of drug-likeness (QED) is 0.446. The fourth-order valence-electron chi connectivity index (χ4n) is 3.79. The predicted molar refractivity (Wildman–Crippen MR) is 110 cm³/mol. The normalized spacial score (nSPS) is 15.8. The standard InChI is InChI=1S/C20H20.C4H6O2/c1-2-14-7-10-18-16(13-14)9-12-19-17-6-4-3-5-15(17)8-11-20(18)19;1-3(2)4(5)6/h3-6,8-9,11-12,14H,2,7,10,13H2,1H3;1H2,2H3,(H,5,6). The summed E-state index contributed by atoms with van der Waals surface area (Å²) in [5, 5.41) is 13.5. The van der Waals surface area contributed by atoms with E-state index in [4.69, 9.17) is 5.11 Å². The lowest BCUT2D eigenvalue weighted by atomic mass is 9.80. The Hall–Kier alpha value is -2.61. The molecule has 4 rings (SSSR count). The Kier molecular flexibility index (Phi) is 5.41. The fraction of sp³-hybridized carbons (Fsp3) is 0.292. The zero-order valence-corrected chi connectivity index (χ0v) is 15.6. The molecule has 1 atom stereocenters. The largest absolute Gasteiger partial charge is 0.478 e. The van der Waals surface area contributed by atoms with Crippen molar-refractivity contribution in [1.29, 1.82) is 0 Å². The Morgan fingerprint density at radius 1 is 1.08 bits per heavy atom. The summed E-state index contributed by atoms with van der Waals surface area (Å²) in [6, 6.07) is 18.1. The first-order valence-corrected chi connectivity index (χ1v) is 9.32. The Labute approximate surface area is 155 Å². The van der Waals surface area contributed by atoms with Gasteiger partial charge in [-0.1, -0.05) is 68.5 Å². The van der Waals surface area contributed by atoms with Gasteiger partial charge in [-0.2, -0.15) is 0 Å². The number of benzene rings is 3. The highest BCUT2D eigenvalue weighted by Gasteiger charge is 2.19. The van der Waals surface area contributed by atoms with Crippen LogP contribution in [0.25, 0.3) is 21.5 Å². The highest BCUT2D eigenvalue weighted by atomic mass is 16.4. The summed E-state index contributed by atoms with van der Waals surface area (Å²) >= 11 is 0. The SMILES string of the molecule is C=C(C)C(=O)O.CCC1CCc2c(ccc3c2ccc2ccccc23)C1. The maximum Gasteiger partial charge on any atom is 0.330 e. The highest BCUT2D eigenvalue weighted by molar-refractivity contribution is 6.08. The first-order valence-electron chi connectivity index (χ1n) is 9.32. The fourth-order valence-corrected chi connectivity index (χ4v) is 3.79. The molecule has 1 aliphatic carbocycles. The molecule has 0 heterocycles. The van der Waals surface area contributed by atoms with Crippen LogP contribution in [0.4, 0.5) is 0 Å². The average Bonchev–Trinajstić information content (AvgIpc) is 2.67. The van der Waals surface area contributed by atoms with Crippen LogP contribution in [0.3, 0.4) is 0 Å². The van der Waals surface area contributed by atoms with Gasteiger partial charge in [0.1, 0.15) is 0 Å². The molecule has 0 fully saturated rings. The van der Waals surface area contributed by atoms with E-state index >= 15 is 0 Å². The van der Waals surface area contributed by atoms with E-state index in [2.05, 4.69) is 62.0 Å². The predicted octanol–water partition coefficient (Wildman–Crippen LogP) is 6.16. The van der Waals surface area contributed by atoms with Crippen molar-refractivity contribution in [2.24, 2.45) is 5.92 Å². The number of rotatable bonds is 2. The number of fused-ring (bicyclic) bond motifs is 5. The van der Waals surface area contributed by atoms with Crippen LogP contribution in [0, 0.1) is 5.92 Å². The van der Waals surface area contributed by atoms with Gasteiger partial charge in [-0.25, -0.2) is 4.79 Å². The van der Waals surface area contributed by atoms with Gasteiger partial charge >= 0.3 is 5.97 Å². The molecule has 1 unspecified atom stereocenters. The number of hydrogen-bond acceptors (Lipinski definition) is 1. The van der Waals surface area contributed by atoms with Gasteiger partial charge in [0.25, 0.3) is 0 Å². The van der Waals surface area contributed by atoms with Gasteiger partial charge in [0.15, 0.2) is 0 Å². The van der Waals surface area contributed by atoms with E-state index in [1.807, 2.05) is 0 Å². The van der Waals surface area contributed by atoms with Crippen LogP contribution in [0.5, 0.6) is 0 Å². The number of carboxylic acids is 1. The molecule has 2 heteroatoms. The summed E-state index contributed by atoms with van der Waals surface area (Å²) in [6.45, 7) is 6.93. The van der Waals surface area contributed by atoms with Crippen molar-refractivity contribution in [3.63, 3.8) is 0 Å². The first kappa shape index (κ1) is 18.2. The molecule has 1 N–H and O–H groups in total. The zero-order valence-electron chi connectivity index (χ0n) is 15.6. The Morgan fingerprint density at radius 3 is 2.46 bits per heavy atom. The van der Waals surface area contributed by atoms with Gasteiger partial charge in [0.2, 0.25) is 0 Å². The van der Waals surface area contributed by atoms with Crippen LogP contribution in [-0.4, -0.2) is 11.1 Å². The van der Waals surface area contributed by atoms with Gasteiger partial charge < -0.3 is 5.11 Å². The van der Waals surface area contributed by atoms with Crippen LogP contribution < -0.4 is 0 Å². The van der Waals surface area contributed by atoms with Crippen molar-refractivity contribution in [2.45, 2.75) is 39.5 Å². The smallest absolute Gasteiger partial charge is 0.330 e. The molecule has 0 spiro atoms. The molecule has 26 heavy (non-hydrogen) atoms. The van der Waals surface area contributed by atoms with E-state index in [9.17, 15) is 4.79 Å². The topological polar surface area (TPSA) is 37.3 Å². The summed E-state index contributed by atoms with van der Waals surface area (Å²) in [4.78, 5) is 9.60. The van der Waals surface area contributed by atoms with Crippen LogP contribution in [0.2, 0.25) is 0 Å². The summed E-state index contributed by atoms with van der Waals surface area (Å²) < 4.78 is 0. The van der Waals surface area contributed by atoms with E-state index < -0.39 is 5.97 Å². The second-order valence-corrected chi connectivity index (χ2v) is 7.19. The van der Waals surface area contributed by atoms with E-state index in [-0.39, 0.29) is 5.57 Å². The number of aliphatic carboxylic acids is 1. The van der Waals surface area contributed by atoms with Gasteiger partial charge in [0.05, 0.1) is 0 Å². The number of carboxylic acid groups (broad SMARTS) is 1. The third kappa shape index (κ3) is 3.65. The highest BCUT2D eigenvalue weighted by Crippen LogP contribution is 2.35. The Bertz CT molecular complexity index is 957. The molecule has 3 aromatic carbocycles. The molecule has 0 radical (unpaired) electrons. The van der Waals surface area contributed by atoms with Crippen molar-refractivity contribution in [3.8, 4) is 0 Å². The van der Waals surface area contributed by atoms with E-state index in [1.54, 1.807) is 11.1 Å². The van der Waals surface area contributed by atoms with Crippen LogP contribution >= 0.6 is 0 Å². The van der Waals surface area contributed by atoms with Crippen molar-refractivity contribution >= 4 is 27.5 Å². The monoisotopic (exact) mass is 346 g/mol. The van der Waals surface area contributed by atoms with Crippen molar-refractivity contribution in [1.82, 2.24) is 0 Å². The maximum atomic E-state index is 9.60. The van der Waals surface area contributed by atoms with Crippen molar-refractivity contribution in [2.75, 3.05) is 0 Å². The molecule has 2 nitrogen and oxygen atoms in total. The maximum absolute atomic E-state index is 9.60. The lowest BCUT2D eigenvalue weighted by Crippen LogP contribution is -2.13. The molecular formula is C24H26O2. The lowest BCUT2D eigenvalue weighted by molar-refractivity contribution is -0.132. The molecule has 0 aromatic heterocycles. The third-order valence-corrected chi connectivity index (χ3v) is 5.39. The van der Waals surface area contributed by atoms with E-state index in [0.717, 1.165) is 5.92 Å². The minimum absolute atomic E-state index is 0.176. The van der Waals surface area contributed by atoms with Gasteiger partial charge in [0, 0.05) is 5.57 Å². The summed E-state index contributed by atoms with van der Waals surface area (Å²) in [5.41, 5.74) is 3.37. The summed E-state index contributed by atoms with van der Waals surface area (Å²) in [5.74, 6) is -0.0459. The summed E-state index contributed by atoms with van der Waals surface area (Å²) in [7, 11) is 0. The zero-order chi connectivity index (χ0) is 18.7. The van der Waals surface area contributed by atoms with E-state index in [1.165, 1.54) is 54.2 Å². The Morgan fingerprint density at radius 2 is 1.77 bits per heavy atom. The van der Waals surface area contributed by atoms with Crippen molar-refractivity contribution < 1.29 is 9.90 Å². The second kappa shape index (κ2) is 7.74. The van der Waals surface area contributed by atoms with Crippen LogP contribution in [0.1, 0.15) is 37.8 Å². The minimum atomic E-state index is -0.935. The van der Waals surface area contributed by atoms with E-state index in [0.29, 0.717) is 0 Å². The lowest BCUT2D eigenvalue weighted by Gasteiger charge is -2.25. The van der Waals surface area contributed by atoms with Crippen LogP contribution in [-0.2, 0) is 17.6 Å². The third-order valence-electron chi connectivity index (χ3n) is 5.39. The molecule has 0 saturated heterocycles. The number of aryl methyl sites for hydroxylation is 1. The molecule has 134 valence electrons. The van der Waals surface area contributed by atoms with Gasteiger partial charge in [-0.05, 0) is 64.8 Å². The molecule has 3 aromatic rings. The van der Waals surface area contributed by atoms with Crippen molar-refractivity contribution in [3.05, 3.63) is 71.8 Å². The van der Waals surface area contributed by atoms with Gasteiger partial charge in [-0.15, -0.1) is 0 Å². The number of hydrogen-bond donors (Lipinski definition) is 1. The molecular weight excluding hydrogens is 320 g/mol. The molecule has 0 aliphatic heterocycles. The molecule has 0 bridgehead atoms. The number of carbonyl (C=O) groups is 1. The first-order chi connectivity index (χ1) is 12.5. The average molecular weight is 346 g/mol. The minimum Gasteiger partial charge on any atom is -0.478 e. The van der Waals surface area contributed by atoms with Gasteiger partial charge in [-0.3, -0.25) is 0 Å². The molecule has 0 amide bonds. The second-order valence-electron chi connectivity index (χ2n) is 7.19. The van der Waals surface area contributed by atoms with Crippen LogP contribution in [0.15, 0.2) is 60.7 Å². The Balaban J connectivity index is 0.000000286. The summed E-state index contributed by atoms with van der Waals surface area (Å²) in [6.07, 6.45) is 5.20. The molecule has 0 saturated carbocycles. The molecule has 1 aliphatic rings.